The first-order valence-corrected chi connectivity index (χ1v) is 7.06. The van der Waals surface area contributed by atoms with Crippen LogP contribution in [-0.4, -0.2) is 22.8 Å². The topological polar surface area (TPSA) is 54.9 Å². The van der Waals surface area contributed by atoms with Crippen LogP contribution in [0.1, 0.15) is 16.6 Å². The molecule has 0 fully saturated rings. The number of carbonyl (C=O) groups excluding carboxylic acids is 1. The van der Waals surface area contributed by atoms with Gasteiger partial charge >= 0.3 is 0 Å². The molecular weight excluding hydrogens is 270 g/mol. The van der Waals surface area contributed by atoms with Gasteiger partial charge < -0.3 is 5.32 Å². The van der Waals surface area contributed by atoms with Gasteiger partial charge in [-0.25, -0.2) is 9.97 Å². The summed E-state index contributed by atoms with van der Waals surface area (Å²) in [6.07, 6.45) is 0. The number of pyridine rings is 1. The number of Topliss-reactive ketones (excluding diaryl/α,β-unsaturated/α-hetero) is 1. The minimum absolute atomic E-state index is 0.00830. The molecule has 3 aromatic rings. The van der Waals surface area contributed by atoms with Gasteiger partial charge in [-0.05, 0) is 12.1 Å². The molecule has 0 atom stereocenters. The lowest BCUT2D eigenvalue weighted by molar-refractivity contribution is 0.102. The summed E-state index contributed by atoms with van der Waals surface area (Å²) >= 11 is 1.36. The number of rotatable bonds is 3. The molecule has 0 aliphatic rings. The molecule has 1 aromatic carbocycles. The first-order valence-electron chi connectivity index (χ1n) is 6.24. The van der Waals surface area contributed by atoms with Crippen molar-refractivity contribution in [2.24, 2.45) is 0 Å². The molecule has 0 amide bonds. The van der Waals surface area contributed by atoms with Crippen LogP contribution < -0.4 is 5.32 Å². The summed E-state index contributed by atoms with van der Waals surface area (Å²) in [5, 5.41) is 4.77. The Morgan fingerprint density at radius 1 is 1.15 bits per heavy atom. The van der Waals surface area contributed by atoms with E-state index >= 15 is 0 Å². The highest BCUT2D eigenvalue weighted by Gasteiger charge is 2.17. The van der Waals surface area contributed by atoms with E-state index in [9.17, 15) is 4.79 Å². The van der Waals surface area contributed by atoms with Gasteiger partial charge in [0.15, 0.2) is 10.9 Å². The lowest BCUT2D eigenvalue weighted by atomic mass is 10.1. The van der Waals surface area contributed by atoms with Crippen molar-refractivity contribution < 1.29 is 4.79 Å². The maximum absolute atomic E-state index is 11.7. The summed E-state index contributed by atoms with van der Waals surface area (Å²) in [4.78, 5) is 21.4. The summed E-state index contributed by atoms with van der Waals surface area (Å²) in [7, 11) is 1.79. The minimum atomic E-state index is 0.00830. The van der Waals surface area contributed by atoms with Crippen molar-refractivity contribution >= 4 is 33.2 Å². The predicted octanol–water partition coefficient (Wildman–Crippen LogP) is 3.60. The molecule has 1 N–H and O–H groups in total. The van der Waals surface area contributed by atoms with E-state index in [2.05, 4.69) is 15.3 Å². The molecule has 0 saturated heterocycles. The molecule has 3 rings (SSSR count). The summed E-state index contributed by atoms with van der Waals surface area (Å²) in [6.45, 7) is 1.55. The highest BCUT2D eigenvalue weighted by molar-refractivity contribution is 7.18. The SMILES string of the molecule is CNc1nc(-c2ccc3ccccc3n2)c(C(C)=O)s1. The number of carbonyl (C=O) groups is 1. The molecule has 0 spiro atoms. The van der Waals surface area contributed by atoms with Crippen molar-refractivity contribution in [2.45, 2.75) is 6.92 Å². The number of thiazole rings is 1. The van der Waals surface area contributed by atoms with E-state index < -0.39 is 0 Å². The van der Waals surface area contributed by atoms with Crippen LogP contribution in [0.3, 0.4) is 0 Å². The summed E-state index contributed by atoms with van der Waals surface area (Å²) < 4.78 is 0. The molecule has 0 aliphatic carbocycles. The second-order valence-electron chi connectivity index (χ2n) is 4.39. The fourth-order valence-corrected chi connectivity index (χ4v) is 2.86. The van der Waals surface area contributed by atoms with Crippen LogP contribution in [0.2, 0.25) is 0 Å². The number of hydrogen-bond donors (Lipinski definition) is 1. The number of ketones is 1. The first kappa shape index (κ1) is 12.7. The van der Waals surface area contributed by atoms with E-state index in [-0.39, 0.29) is 5.78 Å². The predicted molar refractivity (Wildman–Crippen MR) is 82.4 cm³/mol. The number of para-hydroxylation sites is 1. The van der Waals surface area contributed by atoms with Crippen LogP contribution in [0.5, 0.6) is 0 Å². The van der Waals surface area contributed by atoms with E-state index in [0.29, 0.717) is 10.6 Å². The standard InChI is InChI=1S/C15H13N3OS/c1-9(19)14-13(18-15(16-2)20-14)12-8-7-10-5-3-4-6-11(10)17-12/h3-8H,1-2H3,(H,16,18). The second-order valence-corrected chi connectivity index (χ2v) is 5.39. The largest absolute Gasteiger partial charge is 0.365 e. The van der Waals surface area contributed by atoms with Crippen LogP contribution in [0.25, 0.3) is 22.3 Å². The molecule has 4 nitrogen and oxygen atoms in total. The molecule has 5 heteroatoms. The van der Waals surface area contributed by atoms with Crippen molar-refractivity contribution in [2.75, 3.05) is 12.4 Å². The summed E-state index contributed by atoms with van der Waals surface area (Å²) in [6, 6.07) is 11.8. The Balaban J connectivity index is 2.19. The average molecular weight is 283 g/mol. The van der Waals surface area contributed by atoms with E-state index in [1.54, 1.807) is 14.0 Å². The molecule has 0 saturated carbocycles. The van der Waals surface area contributed by atoms with Gasteiger partial charge in [0.1, 0.15) is 10.6 Å². The second kappa shape index (κ2) is 5.02. The highest BCUT2D eigenvalue weighted by Crippen LogP contribution is 2.31. The van der Waals surface area contributed by atoms with Gasteiger partial charge in [-0.1, -0.05) is 35.6 Å². The van der Waals surface area contributed by atoms with Gasteiger partial charge in [0, 0.05) is 19.4 Å². The van der Waals surface area contributed by atoms with E-state index in [0.717, 1.165) is 21.7 Å². The molecular formula is C15H13N3OS. The summed E-state index contributed by atoms with van der Waals surface area (Å²) in [5.41, 5.74) is 2.28. The van der Waals surface area contributed by atoms with Gasteiger partial charge in [0.25, 0.3) is 0 Å². The van der Waals surface area contributed by atoms with Gasteiger partial charge in [0.2, 0.25) is 0 Å². The minimum Gasteiger partial charge on any atom is -0.365 e. The third-order valence-corrected chi connectivity index (χ3v) is 4.18. The number of anilines is 1. The number of nitrogens with one attached hydrogen (secondary N) is 1. The van der Waals surface area contributed by atoms with E-state index in [1.165, 1.54) is 11.3 Å². The van der Waals surface area contributed by atoms with Crippen molar-refractivity contribution in [1.82, 2.24) is 9.97 Å². The number of benzene rings is 1. The Morgan fingerprint density at radius 2 is 1.95 bits per heavy atom. The lowest BCUT2D eigenvalue weighted by Gasteiger charge is -2.01. The molecule has 100 valence electrons. The normalized spacial score (nSPS) is 10.7. The molecule has 0 bridgehead atoms. The van der Waals surface area contributed by atoms with Crippen LogP contribution in [-0.2, 0) is 0 Å². The van der Waals surface area contributed by atoms with Crippen molar-refractivity contribution in [3.8, 4) is 11.4 Å². The monoisotopic (exact) mass is 283 g/mol. The fourth-order valence-electron chi connectivity index (χ4n) is 2.04. The van der Waals surface area contributed by atoms with Crippen LogP contribution in [0, 0.1) is 0 Å². The maximum atomic E-state index is 11.7. The Kier molecular flexibility index (Phi) is 3.20. The zero-order valence-electron chi connectivity index (χ0n) is 11.2. The lowest BCUT2D eigenvalue weighted by Crippen LogP contribution is -1.94. The molecule has 0 unspecified atom stereocenters. The van der Waals surface area contributed by atoms with Crippen LogP contribution >= 0.6 is 11.3 Å². The highest BCUT2D eigenvalue weighted by atomic mass is 32.1. The smallest absolute Gasteiger partial charge is 0.183 e. The van der Waals surface area contributed by atoms with E-state index in [4.69, 9.17) is 0 Å². The number of hydrogen-bond acceptors (Lipinski definition) is 5. The molecule has 2 heterocycles. The van der Waals surface area contributed by atoms with Crippen molar-refractivity contribution in [3.05, 3.63) is 41.3 Å². The molecule has 20 heavy (non-hydrogen) atoms. The first-order chi connectivity index (χ1) is 9.69. The summed E-state index contributed by atoms with van der Waals surface area (Å²) in [5.74, 6) is 0.00830. The van der Waals surface area contributed by atoms with Gasteiger partial charge in [0.05, 0.1) is 11.2 Å². The maximum Gasteiger partial charge on any atom is 0.183 e. The van der Waals surface area contributed by atoms with Gasteiger partial charge in [-0.2, -0.15) is 0 Å². The average Bonchev–Trinajstić information content (AvgIpc) is 2.91. The molecule has 0 radical (unpaired) electrons. The Bertz CT molecular complexity index is 795. The van der Waals surface area contributed by atoms with Gasteiger partial charge in [-0.15, -0.1) is 0 Å². The molecule has 0 aliphatic heterocycles. The third kappa shape index (κ3) is 2.16. The third-order valence-electron chi connectivity index (χ3n) is 3.00. The molecule has 2 aromatic heterocycles. The van der Waals surface area contributed by atoms with Crippen molar-refractivity contribution in [3.63, 3.8) is 0 Å². The number of aromatic nitrogens is 2. The fraction of sp³-hybridized carbons (Fsp3) is 0.133. The van der Waals surface area contributed by atoms with E-state index in [1.807, 2.05) is 36.4 Å². The number of nitrogens with zero attached hydrogens (tertiary/aromatic N) is 2. The Labute approximate surface area is 120 Å². The van der Waals surface area contributed by atoms with Crippen LogP contribution in [0.4, 0.5) is 5.13 Å². The van der Waals surface area contributed by atoms with Crippen molar-refractivity contribution in [1.29, 1.82) is 0 Å². The quantitative estimate of drug-likeness (QED) is 0.746. The zero-order valence-corrected chi connectivity index (χ0v) is 12.0. The zero-order chi connectivity index (χ0) is 14.1. The van der Waals surface area contributed by atoms with Gasteiger partial charge in [-0.3, -0.25) is 4.79 Å². The Hall–Kier alpha value is -2.27. The van der Waals surface area contributed by atoms with Crippen LogP contribution in [0.15, 0.2) is 36.4 Å². The Morgan fingerprint density at radius 3 is 2.70 bits per heavy atom. The number of fused-ring (bicyclic) bond motifs is 1.